The van der Waals surface area contributed by atoms with Gasteiger partial charge in [0.05, 0.1) is 17.2 Å². The molecule has 1 N–H and O–H groups in total. The number of nitrogens with one attached hydrogen (secondary N) is 1. The molecular formula is C14H20F3N3S. The summed E-state index contributed by atoms with van der Waals surface area (Å²) in [5.41, 5.74) is 1.19. The number of aromatic nitrogens is 1. The molecule has 1 fully saturated rings. The molecule has 2 heterocycles. The lowest BCUT2D eigenvalue weighted by Crippen LogP contribution is -2.38. The van der Waals surface area contributed by atoms with Crippen LogP contribution in [0.4, 0.5) is 13.2 Å². The predicted molar refractivity (Wildman–Crippen MR) is 76.6 cm³/mol. The normalized spacial score (nSPS) is 27.0. The van der Waals surface area contributed by atoms with Gasteiger partial charge in [-0.1, -0.05) is 0 Å². The van der Waals surface area contributed by atoms with Crippen molar-refractivity contribution in [2.24, 2.45) is 0 Å². The van der Waals surface area contributed by atoms with Gasteiger partial charge in [0.2, 0.25) is 0 Å². The van der Waals surface area contributed by atoms with E-state index >= 15 is 0 Å². The van der Waals surface area contributed by atoms with Crippen LogP contribution in [-0.4, -0.2) is 41.7 Å². The highest BCUT2D eigenvalue weighted by molar-refractivity contribution is 7.11. The summed E-state index contributed by atoms with van der Waals surface area (Å²) in [6.45, 7) is 2.24. The standard InChI is InChI=1S/C14H20F3N3S/c1-9-18-11-3-2-4-12(13(11)21-9)19-10-5-6-20(7-10)8-14(15,16)17/h10,12,19H,2-8H2,1H3. The maximum atomic E-state index is 12.4. The van der Waals surface area contributed by atoms with E-state index in [2.05, 4.69) is 10.3 Å². The number of thiazole rings is 1. The van der Waals surface area contributed by atoms with Crippen LogP contribution in [0.3, 0.4) is 0 Å². The molecule has 0 radical (unpaired) electrons. The first kappa shape index (κ1) is 15.2. The zero-order chi connectivity index (χ0) is 15.0. The van der Waals surface area contributed by atoms with Gasteiger partial charge in [0, 0.05) is 30.1 Å². The smallest absolute Gasteiger partial charge is 0.305 e. The summed E-state index contributed by atoms with van der Waals surface area (Å²) in [6, 6.07) is 0.432. The minimum atomic E-state index is -4.10. The molecule has 3 rings (SSSR count). The molecule has 1 aromatic heterocycles. The van der Waals surface area contributed by atoms with Crippen molar-refractivity contribution in [1.29, 1.82) is 0 Å². The summed E-state index contributed by atoms with van der Waals surface area (Å²) >= 11 is 1.73. The highest BCUT2D eigenvalue weighted by Gasteiger charge is 2.35. The number of alkyl halides is 3. The number of rotatable bonds is 3. The van der Waals surface area contributed by atoms with Crippen LogP contribution in [0, 0.1) is 6.92 Å². The van der Waals surface area contributed by atoms with Crippen LogP contribution < -0.4 is 5.32 Å². The molecule has 2 atom stereocenters. The third-order valence-corrected chi connectivity index (χ3v) is 5.30. The fourth-order valence-electron chi connectivity index (χ4n) is 3.35. The van der Waals surface area contributed by atoms with Gasteiger partial charge in [-0.15, -0.1) is 11.3 Å². The first-order valence-electron chi connectivity index (χ1n) is 7.42. The fraction of sp³-hybridized carbons (Fsp3) is 0.786. The van der Waals surface area contributed by atoms with Crippen molar-refractivity contribution >= 4 is 11.3 Å². The summed E-state index contributed by atoms with van der Waals surface area (Å²) in [7, 11) is 0. The lowest BCUT2D eigenvalue weighted by molar-refractivity contribution is -0.143. The SMILES string of the molecule is Cc1nc2c(s1)C(NC1CCN(CC(F)(F)F)C1)CCC2. The van der Waals surface area contributed by atoms with Crippen molar-refractivity contribution in [1.82, 2.24) is 15.2 Å². The first-order chi connectivity index (χ1) is 9.90. The molecule has 0 amide bonds. The summed E-state index contributed by atoms with van der Waals surface area (Å²) in [4.78, 5) is 7.36. The number of nitrogens with zero attached hydrogens (tertiary/aromatic N) is 2. The molecule has 7 heteroatoms. The van der Waals surface area contributed by atoms with Gasteiger partial charge in [-0.3, -0.25) is 4.90 Å². The Labute approximate surface area is 126 Å². The Morgan fingerprint density at radius 3 is 2.95 bits per heavy atom. The Balaban J connectivity index is 1.59. The Morgan fingerprint density at radius 1 is 1.38 bits per heavy atom. The molecule has 118 valence electrons. The lowest BCUT2D eigenvalue weighted by atomic mass is 9.97. The zero-order valence-electron chi connectivity index (χ0n) is 12.0. The number of fused-ring (bicyclic) bond motifs is 1. The van der Waals surface area contributed by atoms with Crippen molar-refractivity contribution in [2.45, 2.75) is 50.9 Å². The van der Waals surface area contributed by atoms with Crippen LogP contribution in [0.1, 0.15) is 40.9 Å². The average Bonchev–Trinajstić information content (AvgIpc) is 2.93. The van der Waals surface area contributed by atoms with Gasteiger partial charge in [-0.2, -0.15) is 13.2 Å². The average molecular weight is 319 g/mol. The second kappa shape index (κ2) is 5.85. The second-order valence-corrected chi connectivity index (χ2v) is 7.23. The molecule has 3 nitrogen and oxygen atoms in total. The molecule has 21 heavy (non-hydrogen) atoms. The maximum absolute atomic E-state index is 12.4. The largest absolute Gasteiger partial charge is 0.401 e. The van der Waals surface area contributed by atoms with E-state index in [4.69, 9.17) is 0 Å². The third kappa shape index (κ3) is 3.76. The summed E-state index contributed by atoms with van der Waals surface area (Å²) in [6.07, 6.45) is -0.110. The van der Waals surface area contributed by atoms with Crippen LogP contribution in [0.2, 0.25) is 0 Å². The van der Waals surface area contributed by atoms with Crippen molar-refractivity contribution in [3.05, 3.63) is 15.6 Å². The molecule has 1 aliphatic carbocycles. The van der Waals surface area contributed by atoms with E-state index in [9.17, 15) is 13.2 Å². The van der Waals surface area contributed by atoms with Gasteiger partial charge >= 0.3 is 6.18 Å². The fourth-order valence-corrected chi connectivity index (χ4v) is 4.42. The van der Waals surface area contributed by atoms with Gasteiger partial charge < -0.3 is 5.32 Å². The van der Waals surface area contributed by atoms with Crippen LogP contribution in [0.25, 0.3) is 0 Å². The molecule has 0 bridgehead atoms. The number of hydrogen-bond acceptors (Lipinski definition) is 4. The van der Waals surface area contributed by atoms with E-state index in [-0.39, 0.29) is 12.1 Å². The molecule has 2 aliphatic rings. The maximum Gasteiger partial charge on any atom is 0.401 e. The van der Waals surface area contributed by atoms with Crippen LogP contribution >= 0.6 is 11.3 Å². The van der Waals surface area contributed by atoms with Crippen molar-refractivity contribution in [3.63, 3.8) is 0 Å². The summed E-state index contributed by atoms with van der Waals surface area (Å²) < 4.78 is 37.3. The highest BCUT2D eigenvalue weighted by Crippen LogP contribution is 2.34. The van der Waals surface area contributed by atoms with Crippen LogP contribution in [0.15, 0.2) is 0 Å². The number of halogens is 3. The Bertz CT molecular complexity index is 500. The Morgan fingerprint density at radius 2 is 2.19 bits per heavy atom. The zero-order valence-corrected chi connectivity index (χ0v) is 12.9. The molecule has 1 saturated heterocycles. The lowest BCUT2D eigenvalue weighted by Gasteiger charge is -2.26. The van der Waals surface area contributed by atoms with Crippen molar-refractivity contribution in [2.75, 3.05) is 19.6 Å². The quantitative estimate of drug-likeness (QED) is 0.928. The minimum absolute atomic E-state index is 0.158. The second-order valence-electron chi connectivity index (χ2n) is 5.99. The molecule has 0 saturated carbocycles. The Kier molecular flexibility index (Phi) is 4.25. The van der Waals surface area contributed by atoms with Crippen molar-refractivity contribution < 1.29 is 13.2 Å². The van der Waals surface area contributed by atoms with Crippen LogP contribution in [0.5, 0.6) is 0 Å². The van der Waals surface area contributed by atoms with Gasteiger partial charge in [-0.05, 0) is 32.6 Å². The van der Waals surface area contributed by atoms with E-state index in [1.165, 1.54) is 15.5 Å². The molecule has 1 aliphatic heterocycles. The van der Waals surface area contributed by atoms with Gasteiger partial charge in [0.15, 0.2) is 0 Å². The molecule has 2 unspecified atom stereocenters. The Hall–Kier alpha value is -0.660. The van der Waals surface area contributed by atoms with Crippen molar-refractivity contribution in [3.8, 4) is 0 Å². The van der Waals surface area contributed by atoms with E-state index < -0.39 is 12.7 Å². The minimum Gasteiger partial charge on any atom is -0.305 e. The van der Waals surface area contributed by atoms with E-state index in [1.807, 2.05) is 6.92 Å². The number of likely N-dealkylation sites (tertiary alicyclic amines) is 1. The number of hydrogen-bond donors (Lipinski definition) is 1. The first-order valence-corrected chi connectivity index (χ1v) is 8.24. The monoisotopic (exact) mass is 319 g/mol. The molecule has 0 spiro atoms. The molecule has 0 aromatic carbocycles. The van der Waals surface area contributed by atoms with Gasteiger partial charge in [-0.25, -0.2) is 4.98 Å². The third-order valence-electron chi connectivity index (χ3n) is 4.17. The topological polar surface area (TPSA) is 28.2 Å². The predicted octanol–water partition coefficient (Wildman–Crippen LogP) is 3.06. The highest BCUT2D eigenvalue weighted by atomic mass is 32.1. The van der Waals surface area contributed by atoms with E-state index in [0.717, 1.165) is 30.7 Å². The van der Waals surface area contributed by atoms with E-state index in [1.54, 1.807) is 11.3 Å². The molecule has 1 aromatic rings. The van der Waals surface area contributed by atoms with E-state index in [0.29, 0.717) is 13.1 Å². The number of aryl methyl sites for hydroxylation is 2. The molecular weight excluding hydrogens is 299 g/mol. The summed E-state index contributed by atoms with van der Waals surface area (Å²) in [5, 5.41) is 4.65. The summed E-state index contributed by atoms with van der Waals surface area (Å²) in [5.74, 6) is 0. The van der Waals surface area contributed by atoms with Gasteiger partial charge in [0.1, 0.15) is 0 Å². The van der Waals surface area contributed by atoms with Gasteiger partial charge in [0.25, 0.3) is 0 Å². The van der Waals surface area contributed by atoms with Crippen LogP contribution in [-0.2, 0) is 6.42 Å².